The molecule has 2 rings (SSSR count). The largest absolute Gasteiger partial charge is 0.494 e. The van der Waals surface area contributed by atoms with E-state index in [9.17, 15) is 0 Å². The van der Waals surface area contributed by atoms with Gasteiger partial charge in [-0.2, -0.15) is 11.8 Å². The van der Waals surface area contributed by atoms with Crippen LogP contribution in [0.3, 0.4) is 0 Å². The van der Waals surface area contributed by atoms with Gasteiger partial charge in [-0.3, -0.25) is 0 Å². The molecule has 16 heavy (non-hydrogen) atoms. The third kappa shape index (κ3) is 4.62. The molecule has 5 heteroatoms. The maximum atomic E-state index is 5.74. The number of benzene rings is 1. The summed E-state index contributed by atoms with van der Waals surface area (Å²) < 4.78 is 4.91. The first-order chi connectivity index (χ1) is 7.65. The molecule has 1 fully saturated rings. The van der Waals surface area contributed by atoms with E-state index in [0.29, 0.717) is 20.8 Å². The van der Waals surface area contributed by atoms with E-state index < -0.39 is 0 Å². The fourth-order valence-corrected chi connectivity index (χ4v) is 3.23. The summed E-state index contributed by atoms with van der Waals surface area (Å²) in [5, 5.41) is 1.34. The van der Waals surface area contributed by atoms with Crippen LogP contribution >= 0.6 is 46.6 Å². The van der Waals surface area contributed by atoms with Gasteiger partial charge in [-0.05, 0) is 36.5 Å². The van der Waals surface area contributed by atoms with E-state index in [0.717, 1.165) is 0 Å². The van der Waals surface area contributed by atoms with Crippen molar-refractivity contribution in [2.24, 2.45) is 0 Å². The molecule has 0 saturated carbocycles. The Morgan fingerprint density at radius 3 is 1.88 bits per heavy atom. The average molecular weight is 300 g/mol. The predicted octanol–water partition coefficient (Wildman–Crippen LogP) is 5.17. The Balaban J connectivity index is 0.000000212. The van der Waals surface area contributed by atoms with Gasteiger partial charge in [-0.25, -0.2) is 0 Å². The van der Waals surface area contributed by atoms with Gasteiger partial charge in [-0.15, -0.1) is 0 Å². The molecule has 0 N–H and O–H groups in total. The minimum Gasteiger partial charge on any atom is -0.494 e. The van der Waals surface area contributed by atoms with Crippen LogP contribution in [0.5, 0.6) is 5.75 Å². The van der Waals surface area contributed by atoms with Gasteiger partial charge in [0, 0.05) is 5.02 Å². The molecule has 90 valence electrons. The molecule has 0 bridgehead atoms. The first-order valence-corrected chi connectivity index (χ1v) is 7.20. The summed E-state index contributed by atoms with van der Waals surface area (Å²) >= 11 is 19.2. The van der Waals surface area contributed by atoms with Crippen LogP contribution in [0.2, 0.25) is 15.1 Å². The van der Waals surface area contributed by atoms with E-state index in [1.54, 1.807) is 12.1 Å². The van der Waals surface area contributed by atoms with Gasteiger partial charge < -0.3 is 4.74 Å². The maximum Gasteiger partial charge on any atom is 0.156 e. The maximum absolute atomic E-state index is 5.74. The highest BCUT2D eigenvalue weighted by Gasteiger charge is 2.06. The SMILES string of the molecule is C1CCSC1.COc1c(Cl)cc(Cl)cc1Cl. The van der Waals surface area contributed by atoms with Crippen LogP contribution in [-0.2, 0) is 0 Å². The van der Waals surface area contributed by atoms with Crippen molar-refractivity contribution in [2.45, 2.75) is 12.8 Å². The molecule has 0 aromatic heterocycles. The second kappa shape index (κ2) is 7.54. The number of hydrogen-bond acceptors (Lipinski definition) is 2. The molecule has 1 aliphatic rings. The molecule has 0 spiro atoms. The van der Waals surface area contributed by atoms with Gasteiger partial charge >= 0.3 is 0 Å². The van der Waals surface area contributed by atoms with Crippen molar-refractivity contribution in [3.05, 3.63) is 27.2 Å². The molecule has 1 aromatic rings. The molecule has 0 amide bonds. The Labute approximate surface area is 115 Å². The predicted molar refractivity (Wildman–Crippen MR) is 74.6 cm³/mol. The Morgan fingerprint density at radius 2 is 1.56 bits per heavy atom. The summed E-state index contributed by atoms with van der Waals surface area (Å²) in [5.74, 6) is 3.29. The molecule has 0 radical (unpaired) electrons. The Bertz CT molecular complexity index is 309. The molecular weight excluding hydrogens is 287 g/mol. The molecule has 0 atom stereocenters. The van der Waals surface area contributed by atoms with E-state index >= 15 is 0 Å². The van der Waals surface area contributed by atoms with E-state index in [-0.39, 0.29) is 0 Å². The molecule has 1 saturated heterocycles. The van der Waals surface area contributed by atoms with E-state index in [1.165, 1.54) is 31.5 Å². The van der Waals surface area contributed by atoms with Gasteiger partial charge in [0.2, 0.25) is 0 Å². The van der Waals surface area contributed by atoms with Crippen LogP contribution in [0, 0.1) is 0 Å². The zero-order valence-electron chi connectivity index (χ0n) is 8.93. The van der Waals surface area contributed by atoms with E-state index in [2.05, 4.69) is 11.8 Å². The molecule has 1 aromatic carbocycles. The lowest BCUT2D eigenvalue weighted by molar-refractivity contribution is 0.415. The van der Waals surface area contributed by atoms with Crippen molar-refractivity contribution in [3.63, 3.8) is 0 Å². The van der Waals surface area contributed by atoms with Crippen LogP contribution in [-0.4, -0.2) is 18.6 Å². The van der Waals surface area contributed by atoms with Crippen LogP contribution in [0.4, 0.5) is 0 Å². The van der Waals surface area contributed by atoms with Crippen molar-refractivity contribution in [1.29, 1.82) is 0 Å². The van der Waals surface area contributed by atoms with Crippen LogP contribution < -0.4 is 4.74 Å². The highest BCUT2D eigenvalue weighted by atomic mass is 35.5. The summed E-state index contributed by atoms with van der Waals surface area (Å²) in [6, 6.07) is 3.15. The van der Waals surface area contributed by atoms with Crippen molar-refractivity contribution < 1.29 is 4.74 Å². The summed E-state index contributed by atoms with van der Waals surface area (Å²) in [6.07, 6.45) is 2.93. The Hall–Kier alpha value is 0.240. The molecule has 0 unspecified atom stereocenters. The molecule has 1 heterocycles. The summed E-state index contributed by atoms with van der Waals surface area (Å²) in [7, 11) is 1.50. The number of rotatable bonds is 1. The van der Waals surface area contributed by atoms with Gasteiger partial charge in [-0.1, -0.05) is 34.8 Å². The lowest BCUT2D eigenvalue weighted by Gasteiger charge is -2.04. The minimum absolute atomic E-state index is 0.421. The smallest absolute Gasteiger partial charge is 0.156 e. The third-order valence-electron chi connectivity index (χ3n) is 1.99. The van der Waals surface area contributed by atoms with Crippen LogP contribution in [0.1, 0.15) is 12.8 Å². The topological polar surface area (TPSA) is 9.23 Å². The zero-order valence-corrected chi connectivity index (χ0v) is 12.0. The molecule has 1 aliphatic heterocycles. The standard InChI is InChI=1S/C7H5Cl3O.C4H8S/c1-11-7-5(9)2-4(8)3-6(7)10;1-2-4-5-3-1/h2-3H,1H3;1-4H2. The monoisotopic (exact) mass is 298 g/mol. The fourth-order valence-electron chi connectivity index (χ4n) is 1.23. The van der Waals surface area contributed by atoms with E-state index in [1.807, 2.05) is 0 Å². The number of hydrogen-bond donors (Lipinski definition) is 0. The quantitative estimate of drug-likeness (QED) is 0.707. The van der Waals surface area contributed by atoms with Crippen LogP contribution in [0.25, 0.3) is 0 Å². The van der Waals surface area contributed by atoms with Gasteiger partial charge in [0.15, 0.2) is 5.75 Å². The van der Waals surface area contributed by atoms with Gasteiger partial charge in [0.05, 0.1) is 17.2 Å². The second-order valence-corrected chi connectivity index (χ2v) is 5.70. The normalized spacial score (nSPS) is 14.2. The minimum atomic E-state index is 0.421. The zero-order chi connectivity index (χ0) is 12.0. The summed E-state index contributed by atoms with van der Waals surface area (Å²) in [6.45, 7) is 0. The Kier molecular flexibility index (Phi) is 6.74. The second-order valence-electron chi connectivity index (χ2n) is 3.22. The summed E-state index contributed by atoms with van der Waals surface area (Å²) in [4.78, 5) is 0. The number of thioether (sulfide) groups is 1. The highest BCUT2D eigenvalue weighted by molar-refractivity contribution is 7.99. The molecular formula is C11H13Cl3OS. The van der Waals surface area contributed by atoms with Crippen molar-refractivity contribution in [1.82, 2.24) is 0 Å². The molecule has 0 aliphatic carbocycles. The lowest BCUT2D eigenvalue weighted by atomic mass is 10.3. The van der Waals surface area contributed by atoms with Gasteiger partial charge in [0.25, 0.3) is 0 Å². The third-order valence-corrected chi connectivity index (χ3v) is 3.93. The first-order valence-electron chi connectivity index (χ1n) is 4.91. The van der Waals surface area contributed by atoms with Crippen LogP contribution in [0.15, 0.2) is 12.1 Å². The van der Waals surface area contributed by atoms with Crippen molar-refractivity contribution in [3.8, 4) is 5.75 Å². The lowest BCUT2D eigenvalue weighted by Crippen LogP contribution is -1.84. The Morgan fingerprint density at radius 1 is 1.06 bits per heavy atom. The highest BCUT2D eigenvalue weighted by Crippen LogP contribution is 2.35. The summed E-state index contributed by atoms with van der Waals surface area (Å²) in [5.41, 5.74) is 0. The van der Waals surface area contributed by atoms with E-state index in [4.69, 9.17) is 39.5 Å². The van der Waals surface area contributed by atoms with Gasteiger partial charge in [0.1, 0.15) is 0 Å². The average Bonchev–Trinajstić information content (AvgIpc) is 2.74. The first kappa shape index (κ1) is 14.3. The number of ether oxygens (including phenoxy) is 1. The van der Waals surface area contributed by atoms with Crippen molar-refractivity contribution >= 4 is 46.6 Å². The fraction of sp³-hybridized carbons (Fsp3) is 0.455. The number of halogens is 3. The van der Waals surface area contributed by atoms with Crippen molar-refractivity contribution in [2.75, 3.05) is 18.6 Å². The molecule has 1 nitrogen and oxygen atoms in total. The number of methoxy groups -OCH3 is 1.